The van der Waals surface area contributed by atoms with Crippen molar-refractivity contribution in [1.29, 1.82) is 0 Å². The summed E-state index contributed by atoms with van der Waals surface area (Å²) < 4.78 is 29.9. The monoisotopic (exact) mass is 370 g/mol. The maximum atomic E-state index is 13.1. The zero-order chi connectivity index (χ0) is 16.0. The van der Waals surface area contributed by atoms with Crippen molar-refractivity contribution in [2.45, 2.75) is 0 Å². The van der Waals surface area contributed by atoms with Crippen molar-refractivity contribution in [3.63, 3.8) is 0 Å². The van der Waals surface area contributed by atoms with E-state index in [1.165, 1.54) is 0 Å². The number of benzene rings is 3. The fraction of sp³-hybridized carbons (Fsp3) is 0. The first-order chi connectivity index (χ1) is 11.2. The Morgan fingerprint density at radius 1 is 0.478 bits per heavy atom. The van der Waals surface area contributed by atoms with Gasteiger partial charge < -0.3 is 0 Å². The van der Waals surface area contributed by atoms with E-state index in [0.717, 1.165) is 0 Å². The number of rotatable bonds is 6. The van der Waals surface area contributed by atoms with E-state index < -0.39 is 14.5 Å². The molecule has 0 spiro atoms. The van der Waals surface area contributed by atoms with E-state index in [9.17, 15) is 3.74 Å². The van der Waals surface area contributed by atoms with Gasteiger partial charge in [-0.05, 0) is 0 Å². The van der Waals surface area contributed by atoms with Crippen molar-refractivity contribution in [2.75, 3.05) is 0 Å². The molecule has 0 N–H and O–H groups in total. The third-order valence-electron chi connectivity index (χ3n) is 2.88. The molecule has 23 heavy (non-hydrogen) atoms. The molecule has 3 rings (SSSR count). The van der Waals surface area contributed by atoms with E-state index in [1.807, 2.05) is 18.2 Å². The Kier molecular flexibility index (Phi) is 4.74. The summed E-state index contributed by atoms with van der Waals surface area (Å²) in [4.78, 5) is 0. The summed E-state index contributed by atoms with van der Waals surface area (Å²) in [7, 11) is 0. The van der Waals surface area contributed by atoms with Gasteiger partial charge in [-0.1, -0.05) is 0 Å². The molecule has 0 atom stereocenters. The molecule has 0 unspecified atom stereocenters. The quantitative estimate of drug-likeness (QED) is 0.613. The summed E-state index contributed by atoms with van der Waals surface area (Å²) >= 11 is -4.62. The third kappa shape index (κ3) is 4.44. The van der Waals surface area contributed by atoms with Crippen molar-refractivity contribution in [3.05, 3.63) is 91.0 Å². The number of hydrogen-bond donors (Lipinski definition) is 0. The summed E-state index contributed by atoms with van der Waals surface area (Å²) in [6, 6.07) is 26.5. The van der Waals surface area contributed by atoms with Gasteiger partial charge in [0.25, 0.3) is 0 Å². The Balaban J connectivity index is 1.87. The van der Waals surface area contributed by atoms with Gasteiger partial charge in [-0.25, -0.2) is 0 Å². The second-order valence-electron chi connectivity index (χ2n) is 4.66. The zero-order valence-electron chi connectivity index (χ0n) is 12.2. The van der Waals surface area contributed by atoms with E-state index in [-0.39, 0.29) is 0 Å². The molecule has 3 aromatic rings. The predicted octanol–water partition coefficient (Wildman–Crippen LogP) is 4.09. The molecule has 0 saturated heterocycles. The molecule has 0 aliphatic rings. The van der Waals surface area contributed by atoms with Crippen LogP contribution in [0.1, 0.15) is 0 Å². The van der Waals surface area contributed by atoms with E-state index in [0.29, 0.717) is 17.2 Å². The van der Waals surface area contributed by atoms with E-state index in [1.54, 1.807) is 72.8 Å². The van der Waals surface area contributed by atoms with Gasteiger partial charge in [0.2, 0.25) is 0 Å². The van der Waals surface area contributed by atoms with Gasteiger partial charge in [-0.2, -0.15) is 0 Å². The van der Waals surface area contributed by atoms with E-state index in [2.05, 4.69) is 0 Å². The topological polar surface area (TPSA) is 44.8 Å². The van der Waals surface area contributed by atoms with Crippen molar-refractivity contribution >= 4 is 14.5 Å². The van der Waals surface area contributed by atoms with Crippen molar-refractivity contribution in [2.24, 2.45) is 0 Å². The molecule has 116 valence electrons. The first-order valence-electron chi connectivity index (χ1n) is 7.07. The zero-order valence-corrected chi connectivity index (χ0v) is 14.1. The van der Waals surface area contributed by atoms with Gasteiger partial charge in [0, 0.05) is 0 Å². The minimum atomic E-state index is -4.62. The van der Waals surface area contributed by atoms with Gasteiger partial charge in [0.1, 0.15) is 0 Å². The third-order valence-corrected chi connectivity index (χ3v) is 5.62. The number of hydrogen-bond acceptors (Lipinski definition) is 4. The Bertz CT molecular complexity index is 668. The predicted molar refractivity (Wildman–Crippen MR) is 87.7 cm³/mol. The van der Waals surface area contributed by atoms with Crippen LogP contribution in [0, 0.1) is 0 Å². The molecule has 0 fully saturated rings. The first-order valence-corrected chi connectivity index (χ1v) is 10.1. The van der Waals surface area contributed by atoms with Crippen LogP contribution in [0.5, 0.6) is 17.2 Å². The van der Waals surface area contributed by atoms with Crippen molar-refractivity contribution < 1.29 is 14.9 Å². The van der Waals surface area contributed by atoms with Gasteiger partial charge in [-0.3, -0.25) is 0 Å². The van der Waals surface area contributed by atoms with Crippen LogP contribution in [0.15, 0.2) is 91.0 Å². The summed E-state index contributed by atoms with van der Waals surface area (Å²) in [5.41, 5.74) is 0. The van der Waals surface area contributed by atoms with Crippen molar-refractivity contribution in [1.82, 2.24) is 0 Å². The Labute approximate surface area is 138 Å². The SMILES string of the molecule is O=[As](Oc1ccccc1)(Oc1ccccc1)Oc1ccccc1. The van der Waals surface area contributed by atoms with E-state index in [4.69, 9.17) is 11.2 Å². The van der Waals surface area contributed by atoms with Gasteiger partial charge >= 0.3 is 138 Å². The van der Waals surface area contributed by atoms with Gasteiger partial charge in [-0.15, -0.1) is 0 Å². The van der Waals surface area contributed by atoms with Gasteiger partial charge in [0.15, 0.2) is 0 Å². The Morgan fingerprint density at radius 2 is 0.739 bits per heavy atom. The molecule has 0 aliphatic carbocycles. The molecule has 0 amide bonds. The average molecular weight is 370 g/mol. The standard InChI is InChI=1S/C18H15AsO4/c20-19(21-16-10-4-1-5-11-16,22-17-12-6-2-7-13-17)23-18-14-8-3-9-15-18/h1-15H. The Hall–Kier alpha value is -2.58. The van der Waals surface area contributed by atoms with E-state index >= 15 is 0 Å². The average Bonchev–Trinajstić information content (AvgIpc) is 2.57. The molecule has 0 saturated carbocycles. The Morgan fingerprint density at radius 3 is 1.00 bits per heavy atom. The normalized spacial score (nSPS) is 10.8. The maximum absolute atomic E-state index is 13.1. The molecule has 0 aromatic heterocycles. The molecule has 0 aliphatic heterocycles. The van der Waals surface area contributed by atoms with Crippen LogP contribution in [0.4, 0.5) is 0 Å². The second kappa shape index (κ2) is 7.12. The first kappa shape index (κ1) is 15.3. The van der Waals surface area contributed by atoms with Crippen LogP contribution in [0.3, 0.4) is 0 Å². The second-order valence-corrected chi connectivity index (χ2v) is 7.69. The summed E-state index contributed by atoms with van der Waals surface area (Å²) in [6.07, 6.45) is 0. The van der Waals surface area contributed by atoms with Crippen LogP contribution in [-0.4, -0.2) is 14.5 Å². The molecule has 3 aromatic carbocycles. The summed E-state index contributed by atoms with van der Waals surface area (Å²) in [6.45, 7) is 0. The minimum absolute atomic E-state index is 0.432. The molecule has 0 bridgehead atoms. The van der Waals surface area contributed by atoms with Crippen LogP contribution in [-0.2, 0) is 3.74 Å². The molecule has 0 radical (unpaired) electrons. The molecule has 5 heteroatoms. The molecule has 0 heterocycles. The molecular weight excluding hydrogens is 355 g/mol. The summed E-state index contributed by atoms with van der Waals surface area (Å²) in [5, 5.41) is 0. The van der Waals surface area contributed by atoms with Crippen LogP contribution in [0.2, 0.25) is 0 Å². The van der Waals surface area contributed by atoms with Crippen LogP contribution >= 0.6 is 0 Å². The molecular formula is C18H15AsO4. The van der Waals surface area contributed by atoms with Gasteiger partial charge in [0.05, 0.1) is 0 Å². The fourth-order valence-electron chi connectivity index (χ4n) is 1.89. The molecule has 4 nitrogen and oxygen atoms in total. The van der Waals surface area contributed by atoms with Crippen LogP contribution in [0.25, 0.3) is 0 Å². The van der Waals surface area contributed by atoms with Crippen molar-refractivity contribution in [3.8, 4) is 17.2 Å². The fourth-order valence-corrected chi connectivity index (χ4v) is 4.51. The summed E-state index contributed by atoms with van der Waals surface area (Å²) in [5.74, 6) is 1.30. The number of para-hydroxylation sites is 3. The van der Waals surface area contributed by atoms with Crippen LogP contribution < -0.4 is 11.2 Å².